The van der Waals surface area contributed by atoms with Crippen LogP contribution in [0.25, 0.3) is 0 Å². The van der Waals surface area contributed by atoms with E-state index in [4.69, 9.17) is 0 Å². The number of aryl methyl sites for hydroxylation is 1. The normalized spacial score (nSPS) is 12.0. The van der Waals surface area contributed by atoms with Gasteiger partial charge in [-0.2, -0.15) is 0 Å². The number of pyridine rings is 1. The van der Waals surface area contributed by atoms with E-state index in [0.29, 0.717) is 0 Å². The Balaban J connectivity index is 2.34. The molecule has 1 aromatic heterocycles. The maximum absolute atomic E-state index is 14.0. The molecule has 5 heteroatoms. The lowest BCUT2D eigenvalue weighted by Gasteiger charge is -2.25. The van der Waals surface area contributed by atoms with Crippen molar-refractivity contribution in [3.8, 4) is 0 Å². The zero-order chi connectivity index (χ0) is 15.6. The highest BCUT2D eigenvalue weighted by molar-refractivity contribution is 5.95. The molecule has 0 saturated heterocycles. The summed E-state index contributed by atoms with van der Waals surface area (Å²) in [5, 5.41) is 0. The first-order valence-electron chi connectivity index (χ1n) is 6.55. The van der Waals surface area contributed by atoms with Crippen LogP contribution in [0, 0.1) is 18.6 Å². The zero-order valence-electron chi connectivity index (χ0n) is 12.1. The first kappa shape index (κ1) is 15.1. The van der Waals surface area contributed by atoms with Crippen molar-refractivity contribution < 1.29 is 13.6 Å². The van der Waals surface area contributed by atoms with Gasteiger partial charge < -0.3 is 4.90 Å². The Labute approximate surface area is 122 Å². The molecule has 1 atom stereocenters. The second kappa shape index (κ2) is 5.99. The predicted octanol–water partition coefficient (Wildman–Crippen LogP) is 3.50. The summed E-state index contributed by atoms with van der Waals surface area (Å²) in [6, 6.07) is 5.63. The average Bonchev–Trinajstić information content (AvgIpc) is 2.50. The molecule has 0 aliphatic heterocycles. The van der Waals surface area contributed by atoms with E-state index in [1.807, 2.05) is 6.07 Å². The fourth-order valence-electron chi connectivity index (χ4n) is 2.05. The Bertz CT molecular complexity index is 659. The largest absolute Gasteiger partial charge is 0.335 e. The zero-order valence-corrected chi connectivity index (χ0v) is 12.1. The van der Waals surface area contributed by atoms with Gasteiger partial charge in [0.25, 0.3) is 5.91 Å². The number of hydrogen-bond donors (Lipinski definition) is 0. The first-order chi connectivity index (χ1) is 9.93. The number of halogens is 2. The standard InChI is InChI=1S/C16H16F2N2O/c1-10-6-7-13(17)14(15(10)18)16(21)20(3)11(2)12-5-4-8-19-9-12/h4-9,11H,1-3H3/t11-/m0/s1. The van der Waals surface area contributed by atoms with E-state index >= 15 is 0 Å². The van der Waals surface area contributed by atoms with Gasteiger partial charge in [0.15, 0.2) is 0 Å². The molecule has 0 saturated carbocycles. The molecule has 0 bridgehead atoms. The number of benzene rings is 1. The predicted molar refractivity (Wildman–Crippen MR) is 75.8 cm³/mol. The Morgan fingerprint density at radius 3 is 2.62 bits per heavy atom. The van der Waals surface area contributed by atoms with Crippen molar-refractivity contribution in [2.75, 3.05) is 7.05 Å². The molecular formula is C16H16F2N2O. The van der Waals surface area contributed by atoms with Crippen molar-refractivity contribution in [1.29, 1.82) is 0 Å². The number of amides is 1. The minimum absolute atomic E-state index is 0.238. The Hall–Kier alpha value is -2.30. The minimum atomic E-state index is -0.853. The molecule has 3 nitrogen and oxygen atoms in total. The molecule has 0 aliphatic carbocycles. The molecule has 0 aliphatic rings. The van der Waals surface area contributed by atoms with Gasteiger partial charge in [0.1, 0.15) is 17.2 Å². The van der Waals surface area contributed by atoms with Gasteiger partial charge in [-0.1, -0.05) is 12.1 Å². The monoisotopic (exact) mass is 290 g/mol. The number of carbonyl (C=O) groups is 1. The highest BCUT2D eigenvalue weighted by Gasteiger charge is 2.25. The second-order valence-corrected chi connectivity index (χ2v) is 4.93. The third kappa shape index (κ3) is 2.91. The molecule has 0 spiro atoms. The second-order valence-electron chi connectivity index (χ2n) is 4.93. The lowest BCUT2D eigenvalue weighted by atomic mass is 10.1. The summed E-state index contributed by atoms with van der Waals surface area (Å²) >= 11 is 0. The van der Waals surface area contributed by atoms with Gasteiger partial charge in [-0.15, -0.1) is 0 Å². The van der Waals surface area contributed by atoms with Crippen LogP contribution in [-0.4, -0.2) is 22.8 Å². The lowest BCUT2D eigenvalue weighted by Crippen LogP contribution is -2.31. The number of nitrogens with zero attached hydrogens (tertiary/aromatic N) is 2. The van der Waals surface area contributed by atoms with Gasteiger partial charge in [-0.05, 0) is 37.1 Å². The maximum Gasteiger partial charge on any atom is 0.260 e. The van der Waals surface area contributed by atoms with Crippen molar-refractivity contribution in [3.63, 3.8) is 0 Å². The van der Waals surface area contributed by atoms with Crippen molar-refractivity contribution in [3.05, 3.63) is 65.0 Å². The van der Waals surface area contributed by atoms with Gasteiger partial charge in [0.05, 0.1) is 6.04 Å². The highest BCUT2D eigenvalue weighted by atomic mass is 19.1. The Morgan fingerprint density at radius 2 is 2.00 bits per heavy atom. The average molecular weight is 290 g/mol. The molecule has 0 unspecified atom stereocenters. The topological polar surface area (TPSA) is 33.2 Å². The van der Waals surface area contributed by atoms with E-state index < -0.39 is 23.1 Å². The van der Waals surface area contributed by atoms with E-state index in [1.54, 1.807) is 25.4 Å². The molecule has 2 rings (SSSR count). The molecule has 0 N–H and O–H groups in total. The summed E-state index contributed by atoms with van der Waals surface area (Å²) in [5.74, 6) is -2.36. The van der Waals surface area contributed by atoms with E-state index in [1.165, 1.54) is 24.9 Å². The first-order valence-corrected chi connectivity index (χ1v) is 6.55. The Kier molecular flexibility index (Phi) is 4.31. The summed E-state index contributed by atoms with van der Waals surface area (Å²) in [5.41, 5.74) is 0.511. The lowest BCUT2D eigenvalue weighted by molar-refractivity contribution is 0.0732. The van der Waals surface area contributed by atoms with E-state index in [9.17, 15) is 13.6 Å². The van der Waals surface area contributed by atoms with Gasteiger partial charge in [0, 0.05) is 19.4 Å². The van der Waals surface area contributed by atoms with Crippen molar-refractivity contribution >= 4 is 5.91 Å². The van der Waals surface area contributed by atoms with Crippen molar-refractivity contribution in [2.24, 2.45) is 0 Å². The molecule has 110 valence electrons. The molecule has 0 fully saturated rings. The van der Waals surface area contributed by atoms with E-state index in [2.05, 4.69) is 4.98 Å². The van der Waals surface area contributed by atoms with Gasteiger partial charge in [-0.3, -0.25) is 9.78 Å². The van der Waals surface area contributed by atoms with Gasteiger partial charge in [-0.25, -0.2) is 8.78 Å². The smallest absolute Gasteiger partial charge is 0.260 e. The fraction of sp³-hybridized carbons (Fsp3) is 0.250. The van der Waals surface area contributed by atoms with Crippen LogP contribution in [0.15, 0.2) is 36.7 Å². The minimum Gasteiger partial charge on any atom is -0.335 e. The summed E-state index contributed by atoms with van der Waals surface area (Å²) in [6.45, 7) is 3.27. The Morgan fingerprint density at radius 1 is 1.29 bits per heavy atom. The van der Waals surface area contributed by atoms with Gasteiger partial charge >= 0.3 is 0 Å². The molecule has 0 radical (unpaired) electrons. The fourth-order valence-corrected chi connectivity index (χ4v) is 2.05. The summed E-state index contributed by atoms with van der Waals surface area (Å²) in [6.07, 6.45) is 3.25. The molecule has 21 heavy (non-hydrogen) atoms. The third-order valence-corrected chi connectivity index (χ3v) is 3.57. The molecule has 1 aromatic carbocycles. The molecule has 1 heterocycles. The summed E-state index contributed by atoms with van der Waals surface area (Å²) in [4.78, 5) is 17.7. The van der Waals surface area contributed by atoms with Crippen LogP contribution in [-0.2, 0) is 0 Å². The number of hydrogen-bond acceptors (Lipinski definition) is 2. The van der Waals surface area contributed by atoms with Crippen LogP contribution in [0.2, 0.25) is 0 Å². The summed E-state index contributed by atoms with van der Waals surface area (Å²) < 4.78 is 27.8. The highest BCUT2D eigenvalue weighted by Crippen LogP contribution is 2.23. The van der Waals surface area contributed by atoms with Crippen molar-refractivity contribution in [2.45, 2.75) is 19.9 Å². The van der Waals surface area contributed by atoms with Crippen LogP contribution in [0.3, 0.4) is 0 Å². The van der Waals surface area contributed by atoms with Crippen LogP contribution >= 0.6 is 0 Å². The van der Waals surface area contributed by atoms with Crippen LogP contribution in [0.4, 0.5) is 8.78 Å². The third-order valence-electron chi connectivity index (χ3n) is 3.57. The maximum atomic E-state index is 14.0. The SMILES string of the molecule is Cc1ccc(F)c(C(=O)N(C)[C@@H](C)c2cccnc2)c1F. The number of carbonyl (C=O) groups excluding carboxylic acids is 1. The quantitative estimate of drug-likeness (QED) is 0.866. The van der Waals surface area contributed by atoms with Crippen LogP contribution < -0.4 is 0 Å². The number of aromatic nitrogens is 1. The molecular weight excluding hydrogens is 274 g/mol. The summed E-state index contributed by atoms with van der Waals surface area (Å²) in [7, 11) is 1.52. The molecule has 1 amide bonds. The number of rotatable bonds is 3. The van der Waals surface area contributed by atoms with Crippen LogP contribution in [0.5, 0.6) is 0 Å². The van der Waals surface area contributed by atoms with Crippen molar-refractivity contribution in [1.82, 2.24) is 9.88 Å². The van der Waals surface area contributed by atoms with E-state index in [-0.39, 0.29) is 11.6 Å². The van der Waals surface area contributed by atoms with E-state index in [0.717, 1.165) is 11.6 Å². The van der Waals surface area contributed by atoms with Crippen LogP contribution in [0.1, 0.15) is 34.5 Å². The van der Waals surface area contributed by atoms with Gasteiger partial charge in [0.2, 0.25) is 0 Å². The molecule has 2 aromatic rings.